The van der Waals surface area contributed by atoms with E-state index in [2.05, 4.69) is 4.72 Å². The molecule has 1 aliphatic heterocycles. The molecule has 1 aromatic heterocycles. The van der Waals surface area contributed by atoms with Crippen molar-refractivity contribution in [2.75, 3.05) is 31.5 Å². The van der Waals surface area contributed by atoms with Crippen molar-refractivity contribution in [2.45, 2.75) is 42.0 Å². The molecule has 2 heterocycles. The number of carbonyl (C=O) groups excluding carboxylic acids is 1. The molecule has 3 aromatic rings. The van der Waals surface area contributed by atoms with E-state index in [0.29, 0.717) is 0 Å². The minimum absolute atomic E-state index is 0.000421. The van der Waals surface area contributed by atoms with Crippen LogP contribution >= 0.6 is 11.3 Å². The number of aliphatic hydroxyl groups excluding tert-OH is 1. The van der Waals surface area contributed by atoms with Crippen LogP contribution in [0.5, 0.6) is 5.75 Å². The van der Waals surface area contributed by atoms with Crippen LogP contribution in [0.1, 0.15) is 29.8 Å². The number of anilines is 1. The summed E-state index contributed by atoms with van der Waals surface area (Å²) in [4.78, 5) is 15.3. The van der Waals surface area contributed by atoms with E-state index in [1.165, 1.54) is 34.5 Å². The number of rotatable bonds is 9. The molecule has 40 heavy (non-hydrogen) atoms. The average Bonchev–Trinajstić information content (AvgIpc) is 3.47. The second kappa shape index (κ2) is 11.9. The molecule has 1 aliphatic rings. The summed E-state index contributed by atoms with van der Waals surface area (Å²) in [5, 5.41) is 11.5. The van der Waals surface area contributed by atoms with Crippen LogP contribution in [0.25, 0.3) is 0 Å². The number of carbonyl (C=O) groups is 1. The summed E-state index contributed by atoms with van der Waals surface area (Å²) in [6.45, 7) is 5.23. The van der Waals surface area contributed by atoms with Gasteiger partial charge in [-0.15, -0.1) is 11.3 Å². The molecule has 13 heteroatoms. The first-order chi connectivity index (χ1) is 18.8. The molecule has 0 saturated carbocycles. The van der Waals surface area contributed by atoms with Gasteiger partial charge in [0.15, 0.2) is 5.75 Å². The third kappa shape index (κ3) is 6.18. The number of nitrogens with one attached hydrogen (secondary N) is 1. The van der Waals surface area contributed by atoms with Gasteiger partial charge in [-0.2, -0.15) is 4.31 Å². The third-order valence-corrected chi connectivity index (χ3v) is 11.5. The molecule has 0 fully saturated rings. The average molecular weight is 608 g/mol. The number of thiophene rings is 1. The fourth-order valence-corrected chi connectivity index (χ4v) is 7.63. The summed E-state index contributed by atoms with van der Waals surface area (Å²) in [7, 11) is -6.39. The van der Waals surface area contributed by atoms with Gasteiger partial charge in [-0.3, -0.25) is 9.52 Å². The molecule has 2 N–H and O–H groups in total. The van der Waals surface area contributed by atoms with Crippen molar-refractivity contribution >= 4 is 43.0 Å². The number of aryl methyl sites for hydroxylation is 1. The van der Waals surface area contributed by atoms with Gasteiger partial charge in [0.25, 0.3) is 15.9 Å². The van der Waals surface area contributed by atoms with E-state index in [4.69, 9.17) is 4.74 Å². The molecule has 10 nitrogen and oxygen atoms in total. The Kier molecular flexibility index (Phi) is 8.90. The third-order valence-electron chi connectivity index (χ3n) is 6.86. The lowest BCUT2D eigenvalue weighted by atomic mass is 9.99. The Hall–Kier alpha value is -2.97. The van der Waals surface area contributed by atoms with Gasteiger partial charge >= 0.3 is 0 Å². The number of ether oxygens (including phenoxy) is 1. The summed E-state index contributed by atoms with van der Waals surface area (Å²) in [6, 6.07) is 13.6. The Morgan fingerprint density at radius 1 is 1.12 bits per heavy atom. The topological polar surface area (TPSA) is 133 Å². The SMILES string of the molecule is Cc1ccc(S(=O)(=O)N(C)C[C@H]2Oc3c(NS(=O)(=O)c4cccs4)cccc3C(=O)N([C@@H](C)CO)C[C@H]2C)cc1. The van der Waals surface area contributed by atoms with Gasteiger partial charge < -0.3 is 14.7 Å². The fourth-order valence-electron chi connectivity index (χ4n) is 4.39. The second-order valence-corrected chi connectivity index (χ2v) is 14.8. The van der Waals surface area contributed by atoms with Crippen LogP contribution in [-0.4, -0.2) is 75.9 Å². The number of fused-ring (bicyclic) bond motifs is 1. The van der Waals surface area contributed by atoms with Crippen LogP contribution in [0.3, 0.4) is 0 Å². The highest BCUT2D eigenvalue weighted by atomic mass is 32.2. The molecule has 0 unspecified atom stereocenters. The highest BCUT2D eigenvalue weighted by Gasteiger charge is 2.36. The van der Waals surface area contributed by atoms with Gasteiger partial charge in [0.05, 0.1) is 35.3 Å². The number of likely N-dealkylation sites (N-methyl/N-ethyl adjacent to an activating group) is 1. The van der Waals surface area contributed by atoms with Crippen molar-refractivity contribution in [2.24, 2.45) is 5.92 Å². The lowest BCUT2D eigenvalue weighted by Crippen LogP contribution is -2.50. The number of aliphatic hydroxyl groups is 1. The predicted octanol–water partition coefficient (Wildman–Crippen LogP) is 3.40. The molecule has 1 amide bonds. The van der Waals surface area contributed by atoms with E-state index in [1.807, 2.05) is 13.8 Å². The van der Waals surface area contributed by atoms with Gasteiger partial charge in [0.2, 0.25) is 10.0 Å². The zero-order valence-electron chi connectivity index (χ0n) is 22.6. The molecule has 216 valence electrons. The van der Waals surface area contributed by atoms with Crippen LogP contribution in [0, 0.1) is 12.8 Å². The maximum atomic E-state index is 13.6. The summed E-state index contributed by atoms with van der Waals surface area (Å²) < 4.78 is 63.0. The van der Waals surface area contributed by atoms with Gasteiger partial charge in [-0.25, -0.2) is 16.8 Å². The van der Waals surface area contributed by atoms with Crippen molar-refractivity contribution < 1.29 is 31.5 Å². The molecule has 0 saturated heterocycles. The van der Waals surface area contributed by atoms with Crippen molar-refractivity contribution in [3.63, 3.8) is 0 Å². The van der Waals surface area contributed by atoms with Gasteiger partial charge in [0.1, 0.15) is 10.3 Å². The van der Waals surface area contributed by atoms with E-state index in [0.717, 1.165) is 16.9 Å². The van der Waals surface area contributed by atoms with Crippen LogP contribution < -0.4 is 9.46 Å². The number of benzene rings is 2. The van der Waals surface area contributed by atoms with E-state index in [-0.39, 0.29) is 51.7 Å². The second-order valence-electron chi connectivity index (χ2n) is 9.94. The van der Waals surface area contributed by atoms with Gasteiger partial charge in [-0.05, 0) is 49.6 Å². The zero-order valence-corrected chi connectivity index (χ0v) is 25.1. The standard InChI is InChI=1S/C27H33N3O7S3/c1-18-10-12-21(13-11-18)40(35,36)29(4)16-24-19(2)15-30(20(3)17-31)27(32)22-7-5-8-23(26(22)37-24)28-39(33,34)25-9-6-14-38-25/h5-14,19-20,24,28,31H,15-17H2,1-4H3/t19-,20+,24-/m1/s1. The van der Waals surface area contributed by atoms with E-state index in [9.17, 15) is 26.7 Å². The van der Waals surface area contributed by atoms with Crippen molar-refractivity contribution in [3.8, 4) is 5.75 Å². The Morgan fingerprint density at radius 2 is 1.82 bits per heavy atom. The maximum absolute atomic E-state index is 13.6. The minimum atomic E-state index is -3.98. The molecular formula is C27H33N3O7S3. The van der Waals surface area contributed by atoms with Crippen LogP contribution in [0.4, 0.5) is 5.69 Å². The fraction of sp³-hybridized carbons (Fsp3) is 0.370. The Bertz CT molecular complexity index is 1560. The Morgan fingerprint density at radius 3 is 2.45 bits per heavy atom. The summed E-state index contributed by atoms with van der Waals surface area (Å²) >= 11 is 1.05. The Labute approximate surface area is 239 Å². The first kappa shape index (κ1) is 30.0. The number of nitrogens with zero attached hydrogens (tertiary/aromatic N) is 2. The number of hydrogen-bond acceptors (Lipinski definition) is 8. The lowest BCUT2D eigenvalue weighted by Gasteiger charge is -2.38. The molecule has 3 atom stereocenters. The molecule has 0 bridgehead atoms. The Balaban J connectivity index is 1.75. The highest BCUT2D eigenvalue weighted by Crippen LogP contribution is 2.36. The first-order valence-corrected chi connectivity index (χ1v) is 16.5. The molecule has 0 spiro atoms. The predicted molar refractivity (Wildman–Crippen MR) is 154 cm³/mol. The molecule has 0 aliphatic carbocycles. The highest BCUT2D eigenvalue weighted by molar-refractivity contribution is 7.94. The molecular weight excluding hydrogens is 575 g/mol. The monoisotopic (exact) mass is 607 g/mol. The normalized spacial score (nSPS) is 18.9. The van der Waals surface area contributed by atoms with Crippen LogP contribution in [0.15, 0.2) is 69.1 Å². The quantitative estimate of drug-likeness (QED) is 0.381. The largest absolute Gasteiger partial charge is 0.486 e. The molecule has 4 rings (SSSR count). The van der Waals surface area contributed by atoms with E-state index >= 15 is 0 Å². The number of sulfonamides is 2. The van der Waals surface area contributed by atoms with Gasteiger partial charge in [0, 0.05) is 19.5 Å². The number of hydrogen-bond donors (Lipinski definition) is 2. The maximum Gasteiger partial charge on any atom is 0.271 e. The van der Waals surface area contributed by atoms with E-state index < -0.39 is 38.1 Å². The van der Waals surface area contributed by atoms with Crippen molar-refractivity contribution in [1.29, 1.82) is 0 Å². The molecule has 2 aromatic carbocycles. The van der Waals surface area contributed by atoms with E-state index in [1.54, 1.807) is 48.7 Å². The van der Waals surface area contributed by atoms with Crippen molar-refractivity contribution in [1.82, 2.24) is 9.21 Å². The lowest BCUT2D eigenvalue weighted by molar-refractivity contribution is 0.0389. The number of amides is 1. The van der Waals surface area contributed by atoms with Crippen molar-refractivity contribution in [3.05, 3.63) is 71.1 Å². The number of para-hydroxylation sites is 1. The van der Waals surface area contributed by atoms with Crippen LogP contribution in [0.2, 0.25) is 0 Å². The smallest absolute Gasteiger partial charge is 0.271 e. The zero-order chi connectivity index (χ0) is 29.2. The van der Waals surface area contributed by atoms with Gasteiger partial charge in [-0.1, -0.05) is 36.8 Å². The minimum Gasteiger partial charge on any atom is -0.486 e. The summed E-state index contributed by atoms with van der Waals surface area (Å²) in [5.74, 6) is -0.816. The molecule has 0 radical (unpaired) electrons. The summed E-state index contributed by atoms with van der Waals surface area (Å²) in [6.07, 6.45) is -0.766. The van der Waals surface area contributed by atoms with Crippen LogP contribution in [-0.2, 0) is 20.0 Å². The summed E-state index contributed by atoms with van der Waals surface area (Å²) in [5.41, 5.74) is 1.09. The first-order valence-electron chi connectivity index (χ1n) is 12.7.